The predicted octanol–water partition coefficient (Wildman–Crippen LogP) is 4.01. The molecule has 26 heavy (non-hydrogen) atoms. The number of nitrogens with one attached hydrogen (secondary N) is 1. The van der Waals surface area contributed by atoms with Gasteiger partial charge >= 0.3 is 12.0 Å². The zero-order valence-electron chi connectivity index (χ0n) is 14.7. The van der Waals surface area contributed by atoms with E-state index in [0.29, 0.717) is 5.92 Å². The minimum atomic E-state index is -0.968. The Kier molecular flexibility index (Phi) is 5.37. The van der Waals surface area contributed by atoms with Crippen LogP contribution in [0.15, 0.2) is 54.6 Å². The number of nitrogens with zero attached hydrogens (tertiary/aromatic N) is 1. The summed E-state index contributed by atoms with van der Waals surface area (Å²) in [6.45, 7) is 0.744. The van der Waals surface area contributed by atoms with Gasteiger partial charge in [-0.05, 0) is 53.7 Å². The normalized spacial score (nSPS) is 13.6. The molecule has 2 amide bonds. The number of carboxylic acids is 1. The van der Waals surface area contributed by atoms with Gasteiger partial charge in [0.15, 0.2) is 0 Å². The summed E-state index contributed by atoms with van der Waals surface area (Å²) in [6, 6.07) is 15.3. The highest BCUT2D eigenvalue weighted by atomic mass is 16.4. The number of benzene rings is 2. The molecule has 2 N–H and O–H groups in total. The van der Waals surface area contributed by atoms with Crippen molar-refractivity contribution < 1.29 is 14.7 Å². The fourth-order valence-corrected chi connectivity index (χ4v) is 2.64. The van der Waals surface area contributed by atoms with Crippen molar-refractivity contribution in [2.24, 2.45) is 5.92 Å². The second kappa shape index (κ2) is 7.87. The lowest BCUT2D eigenvalue weighted by Gasteiger charge is -2.19. The maximum atomic E-state index is 12.3. The first-order valence-electron chi connectivity index (χ1n) is 8.66. The number of urea groups is 1. The Balaban J connectivity index is 1.71. The largest absolute Gasteiger partial charge is 0.478 e. The summed E-state index contributed by atoms with van der Waals surface area (Å²) in [5, 5.41) is 11.6. The lowest BCUT2D eigenvalue weighted by molar-refractivity contribution is -0.131. The molecule has 3 rings (SSSR count). The quantitative estimate of drug-likeness (QED) is 0.774. The van der Waals surface area contributed by atoms with Gasteiger partial charge in [-0.15, -0.1) is 0 Å². The molecule has 0 bridgehead atoms. The molecule has 0 saturated heterocycles. The van der Waals surface area contributed by atoms with Gasteiger partial charge in [0, 0.05) is 25.4 Å². The molecular formula is C21H22N2O3. The number of rotatable bonds is 6. The van der Waals surface area contributed by atoms with Crippen LogP contribution >= 0.6 is 0 Å². The molecule has 2 aromatic rings. The van der Waals surface area contributed by atoms with Crippen molar-refractivity contribution in [2.45, 2.75) is 12.8 Å². The Morgan fingerprint density at radius 1 is 1.15 bits per heavy atom. The molecule has 0 heterocycles. The van der Waals surface area contributed by atoms with Crippen molar-refractivity contribution in [3.63, 3.8) is 0 Å². The highest BCUT2D eigenvalue weighted by molar-refractivity contribution is 5.92. The smallest absolute Gasteiger partial charge is 0.328 e. The zero-order valence-corrected chi connectivity index (χ0v) is 14.7. The standard InChI is InChI=1S/C21H22N2O3/c1-23(21(26)22-14-16-5-6-16)19-4-2-3-18(13-19)17-10-7-15(8-11-17)9-12-20(24)25/h2-4,7-13,16H,5-6,14H2,1H3,(H,22,26)(H,24,25). The van der Waals surface area contributed by atoms with Gasteiger partial charge in [0.25, 0.3) is 0 Å². The van der Waals surface area contributed by atoms with E-state index in [1.165, 1.54) is 12.8 Å². The van der Waals surface area contributed by atoms with Crippen molar-refractivity contribution in [3.8, 4) is 11.1 Å². The van der Waals surface area contributed by atoms with Gasteiger partial charge < -0.3 is 10.4 Å². The Morgan fingerprint density at radius 2 is 1.88 bits per heavy atom. The van der Waals surface area contributed by atoms with E-state index in [1.54, 1.807) is 18.0 Å². The summed E-state index contributed by atoms with van der Waals surface area (Å²) >= 11 is 0. The molecule has 0 aliphatic heterocycles. The Hall–Kier alpha value is -3.08. The SMILES string of the molecule is CN(C(=O)NCC1CC1)c1cccc(-c2ccc(C=CC(=O)O)cc2)c1. The minimum Gasteiger partial charge on any atom is -0.478 e. The third kappa shape index (κ3) is 4.72. The Bertz CT molecular complexity index is 823. The van der Waals surface area contributed by atoms with Gasteiger partial charge in [-0.3, -0.25) is 4.90 Å². The van der Waals surface area contributed by atoms with E-state index < -0.39 is 5.97 Å². The molecule has 5 nitrogen and oxygen atoms in total. The van der Waals surface area contributed by atoms with Crippen molar-refractivity contribution in [3.05, 3.63) is 60.2 Å². The minimum absolute atomic E-state index is 0.0943. The maximum absolute atomic E-state index is 12.3. The average Bonchev–Trinajstić information content (AvgIpc) is 3.49. The first kappa shape index (κ1) is 17.7. The number of amides is 2. The fourth-order valence-electron chi connectivity index (χ4n) is 2.64. The van der Waals surface area contributed by atoms with Crippen LogP contribution in [0.3, 0.4) is 0 Å². The van der Waals surface area contributed by atoms with Crippen molar-refractivity contribution in [1.82, 2.24) is 5.32 Å². The monoisotopic (exact) mass is 350 g/mol. The predicted molar refractivity (Wildman–Crippen MR) is 103 cm³/mol. The van der Waals surface area contributed by atoms with E-state index in [-0.39, 0.29) is 6.03 Å². The van der Waals surface area contributed by atoms with Crippen LogP contribution in [0.2, 0.25) is 0 Å². The number of carboxylic acid groups (broad SMARTS) is 1. The number of hydrogen-bond donors (Lipinski definition) is 2. The van der Waals surface area contributed by atoms with Gasteiger partial charge in [0.1, 0.15) is 0 Å². The lowest BCUT2D eigenvalue weighted by Crippen LogP contribution is -2.38. The summed E-state index contributed by atoms with van der Waals surface area (Å²) in [6.07, 6.45) is 5.08. The number of carbonyl (C=O) groups excluding carboxylic acids is 1. The van der Waals surface area contributed by atoms with Gasteiger partial charge in [-0.2, -0.15) is 0 Å². The third-order valence-electron chi connectivity index (χ3n) is 4.44. The molecular weight excluding hydrogens is 328 g/mol. The molecule has 134 valence electrons. The molecule has 1 aliphatic rings. The Labute approximate surface area is 153 Å². The van der Waals surface area contributed by atoms with Gasteiger partial charge in [-0.1, -0.05) is 36.4 Å². The summed E-state index contributed by atoms with van der Waals surface area (Å²) < 4.78 is 0. The second-order valence-electron chi connectivity index (χ2n) is 6.53. The van der Waals surface area contributed by atoms with Crippen LogP contribution in [0.1, 0.15) is 18.4 Å². The van der Waals surface area contributed by atoms with E-state index in [1.807, 2.05) is 48.5 Å². The lowest BCUT2D eigenvalue weighted by atomic mass is 10.0. The molecule has 0 aromatic heterocycles. The van der Waals surface area contributed by atoms with Crippen molar-refractivity contribution >= 4 is 23.8 Å². The zero-order chi connectivity index (χ0) is 18.5. The molecule has 0 spiro atoms. The molecule has 5 heteroatoms. The number of anilines is 1. The van der Waals surface area contributed by atoms with E-state index >= 15 is 0 Å². The van der Waals surface area contributed by atoms with E-state index in [0.717, 1.165) is 35.0 Å². The van der Waals surface area contributed by atoms with Crippen LogP contribution < -0.4 is 10.2 Å². The number of aliphatic carboxylic acids is 1. The average molecular weight is 350 g/mol. The molecule has 0 radical (unpaired) electrons. The van der Waals surface area contributed by atoms with Crippen LogP contribution in [0.4, 0.5) is 10.5 Å². The molecule has 1 saturated carbocycles. The van der Waals surface area contributed by atoms with E-state index in [9.17, 15) is 9.59 Å². The highest BCUT2D eigenvalue weighted by Gasteiger charge is 2.22. The first-order chi connectivity index (χ1) is 12.5. The first-order valence-corrected chi connectivity index (χ1v) is 8.66. The maximum Gasteiger partial charge on any atom is 0.328 e. The molecule has 1 fully saturated rings. The van der Waals surface area contributed by atoms with Crippen LogP contribution in [-0.4, -0.2) is 30.7 Å². The van der Waals surface area contributed by atoms with Crippen LogP contribution in [0.25, 0.3) is 17.2 Å². The number of carbonyl (C=O) groups is 2. The molecule has 0 unspecified atom stereocenters. The van der Waals surface area contributed by atoms with Gasteiger partial charge in [-0.25, -0.2) is 9.59 Å². The second-order valence-corrected chi connectivity index (χ2v) is 6.53. The molecule has 2 aromatic carbocycles. The fraction of sp³-hybridized carbons (Fsp3) is 0.238. The van der Waals surface area contributed by atoms with Crippen LogP contribution in [0.5, 0.6) is 0 Å². The van der Waals surface area contributed by atoms with Crippen LogP contribution in [-0.2, 0) is 4.79 Å². The van der Waals surface area contributed by atoms with E-state index in [2.05, 4.69) is 5.32 Å². The molecule has 1 aliphatic carbocycles. The van der Waals surface area contributed by atoms with Gasteiger partial charge in [0.05, 0.1) is 0 Å². The summed E-state index contributed by atoms with van der Waals surface area (Å²) in [4.78, 5) is 24.5. The Morgan fingerprint density at radius 3 is 2.54 bits per heavy atom. The van der Waals surface area contributed by atoms with Crippen molar-refractivity contribution in [2.75, 3.05) is 18.5 Å². The summed E-state index contributed by atoms with van der Waals surface area (Å²) in [5.74, 6) is -0.322. The van der Waals surface area contributed by atoms with Crippen molar-refractivity contribution in [1.29, 1.82) is 0 Å². The summed E-state index contributed by atoms with van der Waals surface area (Å²) in [7, 11) is 1.77. The summed E-state index contributed by atoms with van der Waals surface area (Å²) in [5.41, 5.74) is 3.65. The van der Waals surface area contributed by atoms with Gasteiger partial charge in [0.2, 0.25) is 0 Å². The topological polar surface area (TPSA) is 69.6 Å². The number of hydrogen-bond acceptors (Lipinski definition) is 2. The third-order valence-corrected chi connectivity index (χ3v) is 4.44. The van der Waals surface area contributed by atoms with Crippen LogP contribution in [0, 0.1) is 5.92 Å². The highest BCUT2D eigenvalue weighted by Crippen LogP contribution is 2.28. The van der Waals surface area contributed by atoms with E-state index in [4.69, 9.17) is 5.11 Å². The molecule has 0 atom stereocenters.